The van der Waals surface area contributed by atoms with Gasteiger partial charge in [-0.2, -0.15) is 0 Å². The molecule has 0 saturated carbocycles. The highest BCUT2D eigenvalue weighted by Gasteiger charge is 2.24. The lowest BCUT2D eigenvalue weighted by Gasteiger charge is -2.10. The molecule has 1 heterocycles. The van der Waals surface area contributed by atoms with Crippen LogP contribution in [0.5, 0.6) is 5.75 Å². The van der Waals surface area contributed by atoms with Gasteiger partial charge in [-0.15, -0.1) is 0 Å². The number of methoxy groups -OCH3 is 1. The summed E-state index contributed by atoms with van der Waals surface area (Å²) in [4.78, 5) is 37.3. The van der Waals surface area contributed by atoms with Gasteiger partial charge < -0.3 is 14.4 Å². The van der Waals surface area contributed by atoms with Crippen LogP contribution in [-0.4, -0.2) is 38.4 Å². The fourth-order valence-corrected chi connectivity index (χ4v) is 2.86. The van der Waals surface area contributed by atoms with Crippen molar-refractivity contribution in [1.82, 2.24) is 0 Å². The van der Waals surface area contributed by atoms with Gasteiger partial charge in [-0.3, -0.25) is 9.59 Å². The summed E-state index contributed by atoms with van der Waals surface area (Å²) in [6.45, 7) is -0.428. The minimum atomic E-state index is -0.722. The quantitative estimate of drug-likeness (QED) is 0.436. The molecule has 0 aromatic heterocycles. The summed E-state index contributed by atoms with van der Waals surface area (Å²) >= 11 is 0. The molecule has 1 amide bonds. The number of rotatable bonds is 6. The van der Waals surface area contributed by atoms with E-state index in [4.69, 9.17) is 9.47 Å². The molecule has 1 aliphatic rings. The number of nitrogens with zero attached hydrogens (tertiary/aromatic N) is 1. The number of amides is 1. The molecule has 2 aromatic carbocycles. The number of hydrogen-bond donors (Lipinski definition) is 0. The van der Waals surface area contributed by atoms with Crippen LogP contribution in [0.3, 0.4) is 0 Å². The third-order valence-corrected chi connectivity index (χ3v) is 4.41. The van der Waals surface area contributed by atoms with Crippen LogP contribution in [-0.2, 0) is 20.7 Å². The molecule has 0 bridgehead atoms. The first-order valence-corrected chi connectivity index (χ1v) is 8.50. The summed E-state index contributed by atoms with van der Waals surface area (Å²) in [6, 6.07) is 9.19. The van der Waals surface area contributed by atoms with Gasteiger partial charge in [-0.05, 0) is 47.5 Å². The second kappa shape index (κ2) is 8.04. The zero-order valence-corrected chi connectivity index (χ0v) is 15.4. The summed E-state index contributed by atoms with van der Waals surface area (Å²) in [5.74, 6) is -1.57. The Morgan fingerprint density at radius 3 is 2.71 bits per heavy atom. The Labute approximate surface area is 161 Å². The van der Waals surface area contributed by atoms with E-state index in [0.29, 0.717) is 11.1 Å². The van der Waals surface area contributed by atoms with Crippen molar-refractivity contribution in [2.24, 2.45) is 0 Å². The minimum Gasteiger partial charge on any atom is -0.494 e. The number of benzene rings is 2. The van der Waals surface area contributed by atoms with E-state index >= 15 is 0 Å². The highest BCUT2D eigenvalue weighted by Crippen LogP contribution is 2.28. The van der Waals surface area contributed by atoms with Gasteiger partial charge in [0, 0.05) is 24.4 Å². The van der Waals surface area contributed by atoms with Crippen molar-refractivity contribution < 1.29 is 28.2 Å². The van der Waals surface area contributed by atoms with E-state index in [-0.39, 0.29) is 23.9 Å². The van der Waals surface area contributed by atoms with E-state index in [9.17, 15) is 18.8 Å². The maximum absolute atomic E-state index is 13.6. The summed E-state index contributed by atoms with van der Waals surface area (Å²) in [6.07, 6.45) is 2.74. The molecule has 3 rings (SSSR count). The van der Waals surface area contributed by atoms with Gasteiger partial charge >= 0.3 is 5.97 Å². The highest BCUT2D eigenvalue weighted by molar-refractivity contribution is 6.04. The van der Waals surface area contributed by atoms with Gasteiger partial charge in [0.05, 0.1) is 13.5 Å². The van der Waals surface area contributed by atoms with E-state index in [0.717, 1.165) is 17.3 Å². The summed E-state index contributed by atoms with van der Waals surface area (Å²) in [7, 11) is 3.04. The molecule has 6 nitrogen and oxygen atoms in total. The van der Waals surface area contributed by atoms with Crippen LogP contribution in [0.1, 0.15) is 21.5 Å². The first-order valence-electron chi connectivity index (χ1n) is 8.50. The number of Topliss-reactive ketones (excluding diaryl/α,β-unsaturated/α-hetero) is 1. The molecule has 0 atom stereocenters. The molecule has 28 heavy (non-hydrogen) atoms. The Hall–Kier alpha value is -3.48. The molecule has 0 radical (unpaired) electrons. The topological polar surface area (TPSA) is 72.9 Å². The predicted octanol–water partition coefficient (Wildman–Crippen LogP) is 2.79. The number of fused-ring (bicyclic) bond motifs is 1. The maximum Gasteiger partial charge on any atom is 0.331 e. The molecule has 0 fully saturated rings. The third kappa shape index (κ3) is 4.09. The molecule has 2 aromatic rings. The van der Waals surface area contributed by atoms with Crippen LogP contribution in [0.2, 0.25) is 0 Å². The molecule has 7 heteroatoms. The largest absolute Gasteiger partial charge is 0.494 e. The SMILES string of the molecule is COc1ccc(/C=C/C(=O)OCC(=O)c2ccc3c(c2)CC(=O)N3C)cc1F. The van der Waals surface area contributed by atoms with Crippen LogP contribution in [0, 0.1) is 5.82 Å². The number of ketones is 1. The highest BCUT2D eigenvalue weighted by atomic mass is 19.1. The van der Waals surface area contributed by atoms with Crippen LogP contribution in [0.4, 0.5) is 10.1 Å². The molecule has 0 N–H and O–H groups in total. The smallest absolute Gasteiger partial charge is 0.331 e. The number of esters is 1. The van der Waals surface area contributed by atoms with Crippen molar-refractivity contribution in [1.29, 1.82) is 0 Å². The molecule has 0 aliphatic carbocycles. The zero-order valence-electron chi connectivity index (χ0n) is 15.4. The Morgan fingerprint density at radius 1 is 1.21 bits per heavy atom. The molecule has 0 spiro atoms. The molecule has 0 unspecified atom stereocenters. The van der Waals surface area contributed by atoms with Gasteiger partial charge in [-0.25, -0.2) is 9.18 Å². The average Bonchev–Trinajstić information content (AvgIpc) is 2.97. The van der Waals surface area contributed by atoms with Crippen molar-refractivity contribution in [3.63, 3.8) is 0 Å². The van der Waals surface area contributed by atoms with E-state index in [1.54, 1.807) is 31.3 Å². The van der Waals surface area contributed by atoms with E-state index in [2.05, 4.69) is 0 Å². The summed E-state index contributed by atoms with van der Waals surface area (Å²) in [5.41, 5.74) is 2.36. The molecular weight excluding hydrogens is 365 g/mol. The number of anilines is 1. The number of ether oxygens (including phenoxy) is 2. The molecular formula is C21H18FNO5. The van der Waals surface area contributed by atoms with Crippen molar-refractivity contribution >= 4 is 29.4 Å². The van der Waals surface area contributed by atoms with Crippen LogP contribution in [0.15, 0.2) is 42.5 Å². The average molecular weight is 383 g/mol. The Kier molecular flexibility index (Phi) is 5.54. The second-order valence-electron chi connectivity index (χ2n) is 6.23. The number of hydrogen-bond acceptors (Lipinski definition) is 5. The second-order valence-corrected chi connectivity index (χ2v) is 6.23. The molecule has 0 saturated heterocycles. The Morgan fingerprint density at radius 2 is 2.00 bits per heavy atom. The van der Waals surface area contributed by atoms with Gasteiger partial charge in [0.1, 0.15) is 0 Å². The normalized spacial score (nSPS) is 13.0. The van der Waals surface area contributed by atoms with Gasteiger partial charge in [0.2, 0.25) is 5.91 Å². The molecule has 1 aliphatic heterocycles. The van der Waals surface area contributed by atoms with Gasteiger partial charge in [0.25, 0.3) is 0 Å². The summed E-state index contributed by atoms with van der Waals surface area (Å²) in [5, 5.41) is 0. The fourth-order valence-electron chi connectivity index (χ4n) is 2.86. The van der Waals surface area contributed by atoms with E-state index < -0.39 is 18.4 Å². The van der Waals surface area contributed by atoms with Gasteiger partial charge in [0.15, 0.2) is 24.0 Å². The fraction of sp³-hybridized carbons (Fsp3) is 0.190. The first-order chi connectivity index (χ1) is 13.4. The van der Waals surface area contributed by atoms with Crippen molar-refractivity contribution in [3.8, 4) is 5.75 Å². The Bertz CT molecular complexity index is 983. The minimum absolute atomic E-state index is 0.0360. The predicted molar refractivity (Wildman–Crippen MR) is 101 cm³/mol. The first kappa shape index (κ1) is 19.3. The van der Waals surface area contributed by atoms with Crippen LogP contribution in [0.25, 0.3) is 6.08 Å². The van der Waals surface area contributed by atoms with E-state index in [1.807, 2.05) is 0 Å². The lowest BCUT2D eigenvalue weighted by molar-refractivity contribution is -0.136. The standard InChI is InChI=1S/C21H18FNO5/c1-23-17-6-5-14(10-15(17)11-20(23)25)18(24)12-28-21(26)8-4-13-3-7-19(27-2)16(22)9-13/h3-10H,11-12H2,1-2H3/b8-4+. The monoisotopic (exact) mass is 383 g/mol. The number of likely N-dealkylation sites (N-methyl/N-ethyl adjacent to an activating group) is 1. The van der Waals surface area contributed by atoms with Crippen molar-refractivity contribution in [3.05, 3.63) is 65.0 Å². The van der Waals surface area contributed by atoms with Crippen LogP contribution >= 0.6 is 0 Å². The number of halogens is 1. The summed E-state index contributed by atoms with van der Waals surface area (Å²) < 4.78 is 23.4. The maximum atomic E-state index is 13.6. The van der Waals surface area contributed by atoms with Gasteiger partial charge in [-0.1, -0.05) is 6.07 Å². The lowest BCUT2D eigenvalue weighted by Crippen LogP contribution is -2.20. The number of carbonyl (C=O) groups is 3. The Balaban J connectivity index is 1.57. The number of carbonyl (C=O) groups excluding carboxylic acids is 3. The molecule has 144 valence electrons. The van der Waals surface area contributed by atoms with Crippen LogP contribution < -0.4 is 9.64 Å². The van der Waals surface area contributed by atoms with E-state index in [1.165, 1.54) is 30.2 Å². The lowest BCUT2D eigenvalue weighted by atomic mass is 10.1. The van der Waals surface area contributed by atoms with Crippen molar-refractivity contribution in [2.45, 2.75) is 6.42 Å². The third-order valence-electron chi connectivity index (χ3n) is 4.41. The zero-order chi connectivity index (χ0) is 20.3. The van der Waals surface area contributed by atoms with Crippen molar-refractivity contribution in [2.75, 3.05) is 25.7 Å².